The molecule has 0 fully saturated rings. The lowest BCUT2D eigenvalue weighted by molar-refractivity contribution is -0.138. The zero-order valence-electron chi connectivity index (χ0n) is 12.7. The number of carboxylic acids is 1. The first-order chi connectivity index (χ1) is 10.2. The minimum absolute atomic E-state index is 0.0963. The number of hydrogen-bond acceptors (Lipinski definition) is 4. The number of aliphatic carboxylic acids is 1. The summed E-state index contributed by atoms with van der Waals surface area (Å²) in [6, 6.07) is 4.38. The molecular weight excluding hydrogens is 308 g/mol. The highest BCUT2D eigenvalue weighted by atomic mass is 32.2. The molecule has 0 aromatic heterocycles. The second-order valence-electron chi connectivity index (χ2n) is 4.65. The Hall–Kier alpha value is -1.93. The Morgan fingerprint density at radius 1 is 1.18 bits per heavy atom. The van der Waals surface area contributed by atoms with Gasteiger partial charge in [0.1, 0.15) is 6.04 Å². The molecule has 0 radical (unpaired) electrons. The average Bonchev–Trinajstić information content (AvgIpc) is 2.48. The van der Waals surface area contributed by atoms with Gasteiger partial charge in [0.05, 0.1) is 4.90 Å². The molecule has 0 spiro atoms. The second kappa shape index (κ2) is 7.37. The molecule has 0 heterocycles. The van der Waals surface area contributed by atoms with Crippen LogP contribution in [0.3, 0.4) is 0 Å². The Morgan fingerprint density at radius 3 is 2.09 bits per heavy atom. The summed E-state index contributed by atoms with van der Waals surface area (Å²) in [5, 5.41) is 11.0. The van der Waals surface area contributed by atoms with Crippen molar-refractivity contribution in [2.75, 3.05) is 13.1 Å². The van der Waals surface area contributed by atoms with Crippen LogP contribution in [-0.4, -0.2) is 48.8 Å². The number of nitrogens with one attached hydrogen (secondary N) is 1. The van der Waals surface area contributed by atoms with Gasteiger partial charge in [-0.2, -0.15) is 4.31 Å². The number of rotatable bonds is 7. The number of hydrogen-bond donors (Lipinski definition) is 2. The summed E-state index contributed by atoms with van der Waals surface area (Å²) in [6.45, 7) is 5.56. The fourth-order valence-electron chi connectivity index (χ4n) is 1.83. The molecule has 122 valence electrons. The van der Waals surface area contributed by atoms with Crippen molar-refractivity contribution in [1.29, 1.82) is 0 Å². The molecule has 1 aromatic rings. The van der Waals surface area contributed by atoms with Crippen molar-refractivity contribution in [3.63, 3.8) is 0 Å². The third-order valence-electron chi connectivity index (χ3n) is 3.18. The van der Waals surface area contributed by atoms with Crippen LogP contribution in [0.25, 0.3) is 0 Å². The van der Waals surface area contributed by atoms with Crippen LogP contribution in [0.5, 0.6) is 0 Å². The van der Waals surface area contributed by atoms with Gasteiger partial charge in [0.2, 0.25) is 10.0 Å². The van der Waals surface area contributed by atoms with Gasteiger partial charge in [0.25, 0.3) is 5.91 Å². The predicted molar refractivity (Wildman–Crippen MR) is 81.1 cm³/mol. The van der Waals surface area contributed by atoms with Gasteiger partial charge in [-0.15, -0.1) is 0 Å². The van der Waals surface area contributed by atoms with E-state index >= 15 is 0 Å². The van der Waals surface area contributed by atoms with E-state index in [0.29, 0.717) is 13.1 Å². The van der Waals surface area contributed by atoms with Crippen molar-refractivity contribution in [2.24, 2.45) is 0 Å². The van der Waals surface area contributed by atoms with Gasteiger partial charge in [0.15, 0.2) is 0 Å². The van der Waals surface area contributed by atoms with Gasteiger partial charge >= 0.3 is 5.97 Å². The van der Waals surface area contributed by atoms with E-state index in [1.54, 1.807) is 13.8 Å². The number of carbonyl (C=O) groups excluding carboxylic acids is 1. The summed E-state index contributed by atoms with van der Waals surface area (Å²) in [7, 11) is -3.57. The van der Waals surface area contributed by atoms with Crippen molar-refractivity contribution in [1.82, 2.24) is 9.62 Å². The van der Waals surface area contributed by atoms with Crippen LogP contribution in [0.2, 0.25) is 0 Å². The highest BCUT2D eigenvalue weighted by molar-refractivity contribution is 7.89. The Kier molecular flexibility index (Phi) is 6.07. The third kappa shape index (κ3) is 4.05. The van der Waals surface area contributed by atoms with Crippen LogP contribution in [0.1, 0.15) is 31.1 Å². The maximum absolute atomic E-state index is 12.3. The van der Waals surface area contributed by atoms with E-state index in [0.717, 1.165) is 0 Å². The highest BCUT2D eigenvalue weighted by Crippen LogP contribution is 2.16. The zero-order chi connectivity index (χ0) is 16.9. The normalized spacial score (nSPS) is 12.9. The van der Waals surface area contributed by atoms with Gasteiger partial charge in [-0.05, 0) is 31.2 Å². The number of sulfonamides is 1. The number of carboxylic acid groups (broad SMARTS) is 1. The molecule has 1 atom stereocenters. The fourth-order valence-corrected chi connectivity index (χ4v) is 3.29. The van der Waals surface area contributed by atoms with E-state index in [2.05, 4.69) is 5.32 Å². The van der Waals surface area contributed by atoms with Crippen LogP contribution < -0.4 is 5.32 Å². The van der Waals surface area contributed by atoms with E-state index in [4.69, 9.17) is 5.11 Å². The van der Waals surface area contributed by atoms with Gasteiger partial charge in [-0.25, -0.2) is 8.42 Å². The minimum Gasteiger partial charge on any atom is -0.480 e. The molecule has 8 heteroatoms. The Labute approximate surface area is 130 Å². The molecule has 0 aliphatic heterocycles. The van der Waals surface area contributed by atoms with Gasteiger partial charge in [0, 0.05) is 18.7 Å². The maximum atomic E-state index is 12.3. The van der Waals surface area contributed by atoms with Crippen LogP contribution in [0, 0.1) is 0 Å². The number of carbonyl (C=O) groups is 2. The lowest BCUT2D eigenvalue weighted by Crippen LogP contribution is -2.38. The van der Waals surface area contributed by atoms with Crippen LogP contribution in [0.15, 0.2) is 29.2 Å². The quantitative estimate of drug-likeness (QED) is 0.774. The molecule has 0 saturated carbocycles. The van der Waals surface area contributed by atoms with Crippen molar-refractivity contribution < 1.29 is 23.1 Å². The molecule has 0 saturated heterocycles. The molecule has 1 aromatic carbocycles. The Balaban J connectivity index is 2.96. The Morgan fingerprint density at radius 2 is 1.68 bits per heavy atom. The van der Waals surface area contributed by atoms with E-state index in [9.17, 15) is 18.0 Å². The monoisotopic (exact) mass is 328 g/mol. The van der Waals surface area contributed by atoms with Gasteiger partial charge in [-0.1, -0.05) is 13.8 Å². The second-order valence-corrected chi connectivity index (χ2v) is 6.59. The summed E-state index contributed by atoms with van der Waals surface area (Å²) < 4.78 is 25.9. The van der Waals surface area contributed by atoms with E-state index in [1.807, 2.05) is 0 Å². The van der Waals surface area contributed by atoms with Gasteiger partial charge in [-0.3, -0.25) is 9.59 Å². The molecule has 0 bridgehead atoms. The van der Waals surface area contributed by atoms with Crippen LogP contribution in [-0.2, 0) is 14.8 Å². The largest absolute Gasteiger partial charge is 0.480 e. The molecule has 22 heavy (non-hydrogen) atoms. The molecule has 1 rings (SSSR count). The van der Waals surface area contributed by atoms with Crippen molar-refractivity contribution in [3.8, 4) is 0 Å². The van der Waals surface area contributed by atoms with E-state index in [1.165, 1.54) is 35.5 Å². The first kappa shape index (κ1) is 18.1. The summed E-state index contributed by atoms with van der Waals surface area (Å²) in [6.07, 6.45) is 0. The molecule has 2 N–H and O–H groups in total. The van der Waals surface area contributed by atoms with Gasteiger partial charge < -0.3 is 10.4 Å². The number of amides is 1. The minimum atomic E-state index is -3.57. The van der Waals surface area contributed by atoms with E-state index < -0.39 is 27.9 Å². The summed E-state index contributed by atoms with van der Waals surface area (Å²) >= 11 is 0. The molecule has 0 unspecified atom stereocenters. The third-order valence-corrected chi connectivity index (χ3v) is 5.24. The topological polar surface area (TPSA) is 104 Å². The van der Waals surface area contributed by atoms with E-state index in [-0.39, 0.29) is 10.5 Å². The Bertz CT molecular complexity index is 636. The molecular formula is C14H20N2O5S. The first-order valence-electron chi connectivity index (χ1n) is 6.87. The standard InChI is InChI=1S/C14H20N2O5S/c1-4-16(5-2)22(20,21)12-8-6-11(7-9-12)13(17)15-10(3)14(18)19/h6-10H,4-5H2,1-3H3,(H,15,17)(H,18,19)/t10-/m1/s1. The van der Waals surface area contributed by atoms with Crippen molar-refractivity contribution in [3.05, 3.63) is 29.8 Å². The van der Waals surface area contributed by atoms with Crippen molar-refractivity contribution >= 4 is 21.9 Å². The summed E-state index contributed by atoms with van der Waals surface area (Å²) in [4.78, 5) is 22.6. The maximum Gasteiger partial charge on any atom is 0.325 e. The SMILES string of the molecule is CCN(CC)S(=O)(=O)c1ccc(C(=O)N[C@H](C)C(=O)O)cc1. The molecule has 0 aliphatic rings. The molecule has 1 amide bonds. The highest BCUT2D eigenvalue weighted by Gasteiger charge is 2.22. The summed E-state index contributed by atoms with van der Waals surface area (Å²) in [5.41, 5.74) is 0.201. The van der Waals surface area contributed by atoms with Crippen molar-refractivity contribution in [2.45, 2.75) is 31.7 Å². The fraction of sp³-hybridized carbons (Fsp3) is 0.429. The number of nitrogens with zero attached hydrogens (tertiary/aromatic N) is 1. The van der Waals surface area contributed by atoms with Crippen LogP contribution >= 0.6 is 0 Å². The zero-order valence-corrected chi connectivity index (χ0v) is 13.6. The number of benzene rings is 1. The average molecular weight is 328 g/mol. The lowest BCUT2D eigenvalue weighted by Gasteiger charge is -2.18. The lowest BCUT2D eigenvalue weighted by atomic mass is 10.2. The summed E-state index contributed by atoms with van der Waals surface area (Å²) in [5.74, 6) is -1.71. The predicted octanol–water partition coefficient (Wildman–Crippen LogP) is 0.920. The van der Waals surface area contributed by atoms with Crippen LogP contribution in [0.4, 0.5) is 0 Å². The molecule has 7 nitrogen and oxygen atoms in total. The smallest absolute Gasteiger partial charge is 0.325 e. The first-order valence-corrected chi connectivity index (χ1v) is 8.31. The molecule has 0 aliphatic carbocycles.